The SMILES string of the molecule is CC1CCCN(Cc2csc(NC(=O)[C@H]3CC[C@@H](C(=O)O)O3)n2)C1. The minimum absolute atomic E-state index is 0.314. The van der Waals surface area contributed by atoms with Crippen LogP contribution in [0.2, 0.25) is 0 Å². The third-order valence-corrected chi connectivity index (χ3v) is 5.30. The fraction of sp³-hybridized carbons (Fsp3) is 0.688. The molecule has 0 aliphatic carbocycles. The number of carboxylic acids is 1. The number of rotatable bonds is 5. The van der Waals surface area contributed by atoms with Gasteiger partial charge in [-0.2, -0.15) is 0 Å². The van der Waals surface area contributed by atoms with Crippen molar-refractivity contribution >= 4 is 28.3 Å². The van der Waals surface area contributed by atoms with Gasteiger partial charge in [-0.25, -0.2) is 9.78 Å². The van der Waals surface area contributed by atoms with Gasteiger partial charge in [0, 0.05) is 18.5 Å². The van der Waals surface area contributed by atoms with Crippen LogP contribution < -0.4 is 5.32 Å². The Hall–Kier alpha value is -1.51. The molecule has 8 heteroatoms. The van der Waals surface area contributed by atoms with Crippen molar-refractivity contribution in [1.82, 2.24) is 9.88 Å². The number of amides is 1. The summed E-state index contributed by atoms with van der Waals surface area (Å²) in [4.78, 5) is 29.9. The summed E-state index contributed by atoms with van der Waals surface area (Å²) in [6, 6.07) is 0. The van der Waals surface area contributed by atoms with Crippen molar-refractivity contribution in [3.63, 3.8) is 0 Å². The lowest BCUT2D eigenvalue weighted by Crippen LogP contribution is -2.33. The highest BCUT2D eigenvalue weighted by atomic mass is 32.1. The topological polar surface area (TPSA) is 91.8 Å². The van der Waals surface area contributed by atoms with E-state index in [9.17, 15) is 9.59 Å². The monoisotopic (exact) mass is 353 g/mol. The number of carbonyl (C=O) groups excluding carboxylic acids is 1. The van der Waals surface area contributed by atoms with E-state index in [2.05, 4.69) is 22.1 Å². The zero-order valence-corrected chi connectivity index (χ0v) is 14.6. The van der Waals surface area contributed by atoms with E-state index in [-0.39, 0.29) is 5.91 Å². The summed E-state index contributed by atoms with van der Waals surface area (Å²) >= 11 is 1.39. The second-order valence-electron chi connectivity index (χ2n) is 6.64. The Morgan fingerprint density at radius 3 is 2.92 bits per heavy atom. The van der Waals surface area contributed by atoms with Crippen molar-refractivity contribution in [1.29, 1.82) is 0 Å². The van der Waals surface area contributed by atoms with Crippen molar-refractivity contribution in [3.05, 3.63) is 11.1 Å². The van der Waals surface area contributed by atoms with E-state index in [1.165, 1.54) is 24.2 Å². The number of aromatic nitrogens is 1. The highest BCUT2D eigenvalue weighted by molar-refractivity contribution is 7.13. The second kappa shape index (κ2) is 7.58. The van der Waals surface area contributed by atoms with Crippen LogP contribution in [0, 0.1) is 5.92 Å². The lowest BCUT2D eigenvalue weighted by molar-refractivity contribution is -0.150. The average Bonchev–Trinajstić information content (AvgIpc) is 3.17. The number of ether oxygens (including phenoxy) is 1. The molecule has 2 N–H and O–H groups in total. The number of likely N-dealkylation sites (tertiary alicyclic amines) is 1. The lowest BCUT2D eigenvalue weighted by Gasteiger charge is -2.30. The van der Waals surface area contributed by atoms with Gasteiger partial charge in [0.15, 0.2) is 11.2 Å². The van der Waals surface area contributed by atoms with Gasteiger partial charge >= 0.3 is 5.97 Å². The van der Waals surface area contributed by atoms with Crippen LogP contribution >= 0.6 is 11.3 Å². The first-order valence-electron chi connectivity index (χ1n) is 8.37. The minimum atomic E-state index is -1.02. The second-order valence-corrected chi connectivity index (χ2v) is 7.50. The predicted octanol–water partition coefficient (Wildman–Crippen LogP) is 1.95. The molecule has 0 saturated carbocycles. The number of anilines is 1. The molecule has 3 atom stereocenters. The molecule has 0 bridgehead atoms. The molecule has 3 heterocycles. The van der Waals surface area contributed by atoms with Gasteiger partial charge in [0.1, 0.15) is 6.10 Å². The lowest BCUT2D eigenvalue weighted by atomic mass is 10.0. The Bertz CT molecular complexity index is 606. The fourth-order valence-corrected chi connectivity index (χ4v) is 4.00. The molecule has 1 amide bonds. The maximum absolute atomic E-state index is 12.2. The molecule has 0 radical (unpaired) electrons. The highest BCUT2D eigenvalue weighted by Crippen LogP contribution is 2.24. The zero-order valence-electron chi connectivity index (χ0n) is 13.7. The van der Waals surface area contributed by atoms with Crippen LogP contribution in [0.3, 0.4) is 0 Å². The Morgan fingerprint density at radius 1 is 1.42 bits per heavy atom. The molecule has 2 saturated heterocycles. The molecule has 24 heavy (non-hydrogen) atoms. The molecule has 0 spiro atoms. The van der Waals surface area contributed by atoms with Gasteiger partial charge in [-0.3, -0.25) is 15.0 Å². The van der Waals surface area contributed by atoms with Gasteiger partial charge in [-0.1, -0.05) is 6.92 Å². The van der Waals surface area contributed by atoms with Crippen molar-refractivity contribution < 1.29 is 19.4 Å². The summed E-state index contributed by atoms with van der Waals surface area (Å²) in [6.45, 7) is 5.25. The van der Waals surface area contributed by atoms with Gasteiger partial charge < -0.3 is 9.84 Å². The first kappa shape index (κ1) is 17.3. The number of carboxylic acid groups (broad SMARTS) is 1. The van der Waals surface area contributed by atoms with Crippen molar-refractivity contribution in [2.45, 2.75) is 51.4 Å². The molecular formula is C16H23N3O4S. The van der Waals surface area contributed by atoms with E-state index < -0.39 is 18.2 Å². The van der Waals surface area contributed by atoms with Crippen LogP contribution in [-0.2, 0) is 20.9 Å². The molecule has 1 aromatic rings. The number of hydrogen-bond donors (Lipinski definition) is 2. The average molecular weight is 353 g/mol. The van der Waals surface area contributed by atoms with Crippen molar-refractivity contribution in [3.8, 4) is 0 Å². The molecule has 2 aliphatic rings. The Kier molecular flexibility index (Phi) is 5.47. The summed E-state index contributed by atoms with van der Waals surface area (Å²) in [5.41, 5.74) is 0.958. The summed E-state index contributed by atoms with van der Waals surface area (Å²) in [7, 11) is 0. The predicted molar refractivity (Wildman–Crippen MR) is 89.9 cm³/mol. The third-order valence-electron chi connectivity index (χ3n) is 4.50. The maximum Gasteiger partial charge on any atom is 0.332 e. The maximum atomic E-state index is 12.2. The Labute approximate surface area is 145 Å². The quantitative estimate of drug-likeness (QED) is 0.841. The molecule has 3 rings (SSSR count). The van der Waals surface area contributed by atoms with Crippen LogP contribution in [0.25, 0.3) is 0 Å². The number of carbonyl (C=O) groups is 2. The molecule has 7 nitrogen and oxygen atoms in total. The van der Waals surface area contributed by atoms with E-state index >= 15 is 0 Å². The molecule has 1 unspecified atom stereocenters. The van der Waals surface area contributed by atoms with E-state index in [1.54, 1.807) is 0 Å². The van der Waals surface area contributed by atoms with E-state index in [1.807, 2.05) is 5.38 Å². The number of hydrogen-bond acceptors (Lipinski definition) is 6. The number of piperidine rings is 1. The Morgan fingerprint density at radius 2 is 2.21 bits per heavy atom. The molecule has 1 aromatic heterocycles. The Balaban J connectivity index is 1.50. The van der Waals surface area contributed by atoms with Gasteiger partial charge in [-0.15, -0.1) is 11.3 Å². The summed E-state index contributed by atoms with van der Waals surface area (Å²) in [5.74, 6) is -0.609. The fourth-order valence-electron chi connectivity index (χ4n) is 3.29. The van der Waals surface area contributed by atoms with Crippen molar-refractivity contribution in [2.24, 2.45) is 5.92 Å². The standard InChI is InChI=1S/C16H23N3O4S/c1-10-3-2-6-19(7-10)8-11-9-24-16(17-11)18-14(20)12-4-5-13(23-12)15(21)22/h9-10,12-13H,2-8H2,1H3,(H,21,22)(H,17,18,20)/t10?,12-,13+/m1/s1. The van der Waals surface area contributed by atoms with Gasteiger partial charge in [0.25, 0.3) is 5.91 Å². The molecule has 2 fully saturated rings. The van der Waals surface area contributed by atoms with Crippen LogP contribution in [0.4, 0.5) is 5.13 Å². The molecule has 0 aromatic carbocycles. The van der Waals surface area contributed by atoms with Crippen molar-refractivity contribution in [2.75, 3.05) is 18.4 Å². The molecular weight excluding hydrogens is 330 g/mol. The minimum Gasteiger partial charge on any atom is -0.479 e. The normalized spacial score (nSPS) is 28.0. The van der Waals surface area contributed by atoms with E-state index in [0.717, 1.165) is 31.2 Å². The van der Waals surface area contributed by atoms with Gasteiger partial charge in [0.2, 0.25) is 0 Å². The smallest absolute Gasteiger partial charge is 0.332 e. The third kappa shape index (κ3) is 4.31. The summed E-state index contributed by atoms with van der Waals surface area (Å²) in [5, 5.41) is 14.2. The number of nitrogens with zero attached hydrogens (tertiary/aromatic N) is 2. The summed E-state index contributed by atoms with van der Waals surface area (Å²) < 4.78 is 5.25. The molecule has 2 aliphatic heterocycles. The largest absolute Gasteiger partial charge is 0.479 e. The highest BCUT2D eigenvalue weighted by Gasteiger charge is 2.35. The van der Waals surface area contributed by atoms with Crippen LogP contribution in [-0.4, -0.2) is 52.2 Å². The molecule has 132 valence electrons. The first-order valence-corrected chi connectivity index (χ1v) is 9.25. The van der Waals surface area contributed by atoms with Crippen LogP contribution in [0.15, 0.2) is 5.38 Å². The van der Waals surface area contributed by atoms with Gasteiger partial charge in [-0.05, 0) is 38.1 Å². The zero-order chi connectivity index (χ0) is 17.1. The number of thiazole rings is 1. The first-order chi connectivity index (χ1) is 11.5. The van der Waals surface area contributed by atoms with Crippen LogP contribution in [0.5, 0.6) is 0 Å². The number of aliphatic carboxylic acids is 1. The number of nitrogens with one attached hydrogen (secondary N) is 1. The summed E-state index contributed by atoms with van der Waals surface area (Å²) in [6.07, 6.45) is 1.71. The van der Waals surface area contributed by atoms with Crippen LogP contribution in [0.1, 0.15) is 38.3 Å². The van der Waals surface area contributed by atoms with E-state index in [4.69, 9.17) is 9.84 Å². The van der Waals surface area contributed by atoms with Gasteiger partial charge in [0.05, 0.1) is 5.69 Å². The van der Waals surface area contributed by atoms with E-state index in [0.29, 0.717) is 18.0 Å².